The van der Waals surface area contributed by atoms with Crippen molar-refractivity contribution in [1.82, 2.24) is 5.32 Å². The fraction of sp³-hybridized carbons (Fsp3) is 1.00. The summed E-state index contributed by atoms with van der Waals surface area (Å²) >= 11 is 0. The molecule has 0 bridgehead atoms. The molecule has 1 rings (SSSR count). The molecule has 1 saturated heterocycles. The van der Waals surface area contributed by atoms with Crippen LogP contribution in [-0.4, -0.2) is 43.6 Å². The average molecular weight is 202 g/mol. The maximum Gasteiger partial charge on any atom is 0.0660 e. The maximum atomic E-state index is 8.65. The molecule has 1 heterocycles. The van der Waals surface area contributed by atoms with Gasteiger partial charge in [-0.1, -0.05) is 0 Å². The van der Waals surface area contributed by atoms with Gasteiger partial charge in [-0.25, -0.2) is 0 Å². The fourth-order valence-electron chi connectivity index (χ4n) is 1.82. The maximum absolute atomic E-state index is 8.65. The molecule has 14 heavy (non-hydrogen) atoms. The number of rotatable bonds is 6. The number of nitrogens with two attached hydrogens (primary N) is 1. The van der Waals surface area contributed by atoms with Crippen molar-refractivity contribution in [2.24, 2.45) is 5.73 Å². The Morgan fingerprint density at radius 3 is 2.86 bits per heavy atom. The van der Waals surface area contributed by atoms with Gasteiger partial charge in [-0.05, 0) is 32.2 Å². The van der Waals surface area contributed by atoms with Gasteiger partial charge in [0.1, 0.15) is 0 Å². The van der Waals surface area contributed by atoms with E-state index in [-0.39, 0.29) is 12.1 Å². The highest BCUT2D eigenvalue weighted by Crippen LogP contribution is 2.17. The molecule has 0 aromatic rings. The zero-order chi connectivity index (χ0) is 10.3. The summed E-state index contributed by atoms with van der Waals surface area (Å²) in [5.41, 5.74) is 5.75. The van der Waals surface area contributed by atoms with Crippen LogP contribution in [0.1, 0.15) is 25.7 Å². The van der Waals surface area contributed by atoms with Crippen LogP contribution in [0.25, 0.3) is 0 Å². The van der Waals surface area contributed by atoms with Gasteiger partial charge in [-0.2, -0.15) is 0 Å². The zero-order valence-corrected chi connectivity index (χ0v) is 8.80. The van der Waals surface area contributed by atoms with Gasteiger partial charge in [0.15, 0.2) is 0 Å². The Bertz CT molecular complexity index is 147. The first-order chi connectivity index (χ1) is 6.83. The second-order valence-electron chi connectivity index (χ2n) is 4.00. The van der Waals surface area contributed by atoms with Crippen LogP contribution in [-0.2, 0) is 4.74 Å². The summed E-state index contributed by atoms with van der Waals surface area (Å²) in [5.74, 6) is 0. The van der Waals surface area contributed by atoms with Crippen LogP contribution < -0.4 is 11.1 Å². The SMILES string of the molecule is NCC1(NCCCCO)CCCOC1. The molecule has 0 aromatic heterocycles. The quantitative estimate of drug-likeness (QED) is 0.524. The van der Waals surface area contributed by atoms with Crippen molar-refractivity contribution in [2.75, 3.05) is 32.9 Å². The van der Waals surface area contributed by atoms with Crippen LogP contribution in [0, 0.1) is 0 Å². The highest BCUT2D eigenvalue weighted by Gasteiger charge is 2.30. The third-order valence-corrected chi connectivity index (χ3v) is 2.80. The monoisotopic (exact) mass is 202 g/mol. The Kier molecular flexibility index (Phi) is 5.40. The lowest BCUT2D eigenvalue weighted by Crippen LogP contribution is -2.56. The van der Waals surface area contributed by atoms with E-state index >= 15 is 0 Å². The summed E-state index contributed by atoms with van der Waals surface area (Å²) in [5, 5.41) is 12.1. The standard InChI is InChI=1S/C10H22N2O2/c11-8-10(4-3-7-14-9-10)12-5-1-2-6-13/h12-13H,1-9,11H2. The predicted octanol–water partition coefficient (Wildman–Crippen LogP) is -0.144. The molecule has 1 aliphatic heterocycles. The number of unbranched alkanes of at least 4 members (excludes halogenated alkanes) is 1. The lowest BCUT2D eigenvalue weighted by atomic mass is 9.92. The lowest BCUT2D eigenvalue weighted by Gasteiger charge is -2.37. The number of hydrogen-bond acceptors (Lipinski definition) is 4. The normalized spacial score (nSPS) is 27.9. The second-order valence-corrected chi connectivity index (χ2v) is 4.00. The molecule has 0 spiro atoms. The predicted molar refractivity (Wildman–Crippen MR) is 56.2 cm³/mol. The second kappa shape index (κ2) is 6.35. The largest absolute Gasteiger partial charge is 0.396 e. The number of aliphatic hydroxyl groups is 1. The van der Waals surface area contributed by atoms with Gasteiger partial charge in [0, 0.05) is 19.8 Å². The number of hydrogen-bond donors (Lipinski definition) is 3. The van der Waals surface area contributed by atoms with Crippen LogP contribution in [0.3, 0.4) is 0 Å². The Balaban J connectivity index is 2.22. The molecule has 1 aliphatic rings. The van der Waals surface area contributed by atoms with Crippen LogP contribution in [0.15, 0.2) is 0 Å². The molecule has 1 atom stereocenters. The van der Waals surface area contributed by atoms with Crippen molar-refractivity contribution in [3.8, 4) is 0 Å². The van der Waals surface area contributed by atoms with Crippen molar-refractivity contribution in [2.45, 2.75) is 31.2 Å². The zero-order valence-electron chi connectivity index (χ0n) is 8.80. The summed E-state index contributed by atoms with van der Waals surface area (Å²) in [6.45, 7) is 3.41. The third-order valence-electron chi connectivity index (χ3n) is 2.80. The summed E-state index contributed by atoms with van der Waals surface area (Å²) in [6.07, 6.45) is 4.04. The van der Waals surface area contributed by atoms with E-state index in [9.17, 15) is 0 Å². The Morgan fingerprint density at radius 2 is 2.29 bits per heavy atom. The van der Waals surface area contributed by atoms with E-state index in [0.717, 1.165) is 45.4 Å². The van der Waals surface area contributed by atoms with Crippen molar-refractivity contribution >= 4 is 0 Å². The van der Waals surface area contributed by atoms with Crippen LogP contribution in [0.2, 0.25) is 0 Å². The molecule has 4 heteroatoms. The fourth-order valence-corrected chi connectivity index (χ4v) is 1.82. The van der Waals surface area contributed by atoms with Gasteiger partial charge < -0.3 is 20.9 Å². The highest BCUT2D eigenvalue weighted by molar-refractivity contribution is 4.90. The minimum atomic E-state index is -0.00624. The van der Waals surface area contributed by atoms with E-state index in [1.807, 2.05) is 0 Å². The van der Waals surface area contributed by atoms with Crippen molar-refractivity contribution in [3.05, 3.63) is 0 Å². The smallest absolute Gasteiger partial charge is 0.0660 e. The molecule has 0 amide bonds. The molecule has 84 valence electrons. The minimum Gasteiger partial charge on any atom is -0.396 e. The Morgan fingerprint density at radius 1 is 1.43 bits per heavy atom. The van der Waals surface area contributed by atoms with Crippen LogP contribution in [0.5, 0.6) is 0 Å². The summed E-state index contributed by atoms with van der Waals surface area (Å²) in [7, 11) is 0. The lowest BCUT2D eigenvalue weighted by molar-refractivity contribution is 0.0240. The highest BCUT2D eigenvalue weighted by atomic mass is 16.5. The van der Waals surface area contributed by atoms with Crippen molar-refractivity contribution in [3.63, 3.8) is 0 Å². The van der Waals surface area contributed by atoms with E-state index in [1.165, 1.54) is 0 Å². The molecule has 4 nitrogen and oxygen atoms in total. The number of aliphatic hydroxyl groups excluding tert-OH is 1. The van der Waals surface area contributed by atoms with Gasteiger partial charge in [0.05, 0.1) is 12.1 Å². The van der Waals surface area contributed by atoms with Crippen molar-refractivity contribution in [1.29, 1.82) is 0 Å². The van der Waals surface area contributed by atoms with E-state index < -0.39 is 0 Å². The van der Waals surface area contributed by atoms with Gasteiger partial charge in [0.2, 0.25) is 0 Å². The van der Waals surface area contributed by atoms with Gasteiger partial charge in [-0.3, -0.25) is 0 Å². The van der Waals surface area contributed by atoms with E-state index in [2.05, 4.69) is 5.32 Å². The molecule has 0 radical (unpaired) electrons. The number of nitrogens with one attached hydrogen (secondary N) is 1. The first-order valence-corrected chi connectivity index (χ1v) is 5.47. The average Bonchev–Trinajstić information content (AvgIpc) is 2.26. The van der Waals surface area contributed by atoms with Gasteiger partial charge >= 0.3 is 0 Å². The molecule has 0 aromatic carbocycles. The minimum absolute atomic E-state index is 0.00624. The van der Waals surface area contributed by atoms with E-state index in [4.69, 9.17) is 15.6 Å². The molecule has 0 aliphatic carbocycles. The molecule has 0 saturated carbocycles. The topological polar surface area (TPSA) is 67.5 Å². The van der Waals surface area contributed by atoms with Gasteiger partial charge in [-0.15, -0.1) is 0 Å². The Hall–Kier alpha value is -0.160. The molecule has 1 fully saturated rings. The van der Waals surface area contributed by atoms with Gasteiger partial charge in [0.25, 0.3) is 0 Å². The first kappa shape index (κ1) is 11.9. The summed E-state index contributed by atoms with van der Waals surface area (Å²) < 4.78 is 5.44. The van der Waals surface area contributed by atoms with Crippen molar-refractivity contribution < 1.29 is 9.84 Å². The van der Waals surface area contributed by atoms with E-state index in [0.29, 0.717) is 6.54 Å². The number of ether oxygens (including phenoxy) is 1. The first-order valence-electron chi connectivity index (χ1n) is 5.47. The summed E-state index contributed by atoms with van der Waals surface area (Å²) in [6, 6.07) is 0. The molecular formula is C10H22N2O2. The molecular weight excluding hydrogens is 180 g/mol. The molecule has 4 N–H and O–H groups in total. The van der Waals surface area contributed by atoms with Crippen LogP contribution in [0.4, 0.5) is 0 Å². The Labute approximate surface area is 85.8 Å². The third kappa shape index (κ3) is 3.53. The van der Waals surface area contributed by atoms with Crippen LogP contribution >= 0.6 is 0 Å². The molecule has 1 unspecified atom stereocenters. The summed E-state index contributed by atoms with van der Waals surface area (Å²) in [4.78, 5) is 0. The van der Waals surface area contributed by atoms with E-state index in [1.54, 1.807) is 0 Å².